The summed E-state index contributed by atoms with van der Waals surface area (Å²) in [5, 5.41) is 6.56. The number of nitrogens with zero attached hydrogens (tertiary/aromatic N) is 2. The Kier molecular flexibility index (Phi) is 5.91. The van der Waals surface area contributed by atoms with Crippen LogP contribution in [0.3, 0.4) is 0 Å². The van der Waals surface area contributed by atoms with Crippen molar-refractivity contribution in [2.24, 2.45) is 5.92 Å². The molecule has 0 aromatic carbocycles. The lowest BCUT2D eigenvalue weighted by Gasteiger charge is -2.09. The van der Waals surface area contributed by atoms with Gasteiger partial charge in [0.25, 0.3) is 0 Å². The molecular weight excluding hydrogens is 212 g/mol. The second-order valence-corrected chi connectivity index (χ2v) is 5.07. The highest BCUT2D eigenvalue weighted by Gasteiger charge is 1.99. The molecule has 0 aliphatic rings. The van der Waals surface area contributed by atoms with E-state index in [1.807, 2.05) is 12.4 Å². The van der Waals surface area contributed by atoms with Gasteiger partial charge in [0, 0.05) is 30.5 Å². The van der Waals surface area contributed by atoms with Gasteiger partial charge in [-0.05, 0) is 32.7 Å². The zero-order valence-corrected chi connectivity index (χ0v) is 11.3. The van der Waals surface area contributed by atoms with Gasteiger partial charge in [-0.25, -0.2) is 9.97 Å². The molecule has 0 fully saturated rings. The summed E-state index contributed by atoms with van der Waals surface area (Å²) >= 11 is 0. The van der Waals surface area contributed by atoms with Crippen LogP contribution in [0.25, 0.3) is 0 Å². The first kappa shape index (κ1) is 13.9. The van der Waals surface area contributed by atoms with Crippen LogP contribution in [-0.2, 0) is 6.54 Å². The lowest BCUT2D eigenvalue weighted by molar-refractivity contribution is 0.537. The molecule has 96 valence electrons. The summed E-state index contributed by atoms with van der Waals surface area (Å²) in [6.45, 7) is 10.5. The fourth-order valence-electron chi connectivity index (χ4n) is 1.40. The van der Waals surface area contributed by atoms with E-state index in [-0.39, 0.29) is 0 Å². The topological polar surface area (TPSA) is 49.8 Å². The van der Waals surface area contributed by atoms with E-state index in [2.05, 4.69) is 48.3 Å². The highest BCUT2D eigenvalue weighted by molar-refractivity contribution is 5.25. The fourth-order valence-corrected chi connectivity index (χ4v) is 1.40. The molecule has 0 saturated heterocycles. The SMILES string of the molecule is CC(C)CCNCc1cnc(NC(C)C)nc1. The van der Waals surface area contributed by atoms with Crippen LogP contribution >= 0.6 is 0 Å². The highest BCUT2D eigenvalue weighted by atomic mass is 15.1. The van der Waals surface area contributed by atoms with Gasteiger partial charge >= 0.3 is 0 Å². The molecule has 0 amide bonds. The van der Waals surface area contributed by atoms with Crippen molar-refractivity contribution in [1.82, 2.24) is 15.3 Å². The summed E-state index contributed by atoms with van der Waals surface area (Å²) in [4.78, 5) is 8.54. The van der Waals surface area contributed by atoms with E-state index >= 15 is 0 Å². The first-order chi connectivity index (χ1) is 8.08. The van der Waals surface area contributed by atoms with Gasteiger partial charge in [-0.2, -0.15) is 0 Å². The van der Waals surface area contributed by atoms with Crippen molar-refractivity contribution < 1.29 is 0 Å². The minimum absolute atomic E-state index is 0.366. The minimum Gasteiger partial charge on any atom is -0.352 e. The van der Waals surface area contributed by atoms with Crippen molar-refractivity contribution in [3.05, 3.63) is 18.0 Å². The molecule has 0 bridgehead atoms. The number of nitrogens with one attached hydrogen (secondary N) is 2. The van der Waals surface area contributed by atoms with Gasteiger partial charge < -0.3 is 10.6 Å². The summed E-state index contributed by atoms with van der Waals surface area (Å²) in [6.07, 6.45) is 4.95. The molecule has 1 aromatic heterocycles. The second-order valence-electron chi connectivity index (χ2n) is 5.07. The number of anilines is 1. The third kappa shape index (κ3) is 6.22. The Morgan fingerprint density at radius 1 is 1.12 bits per heavy atom. The molecule has 0 aliphatic heterocycles. The van der Waals surface area contributed by atoms with Crippen LogP contribution in [0.5, 0.6) is 0 Å². The molecule has 0 atom stereocenters. The molecule has 0 saturated carbocycles. The van der Waals surface area contributed by atoms with E-state index in [1.165, 1.54) is 6.42 Å². The Balaban J connectivity index is 2.30. The molecule has 17 heavy (non-hydrogen) atoms. The van der Waals surface area contributed by atoms with E-state index in [0.29, 0.717) is 12.0 Å². The summed E-state index contributed by atoms with van der Waals surface area (Å²) in [6, 6.07) is 0.366. The van der Waals surface area contributed by atoms with Crippen molar-refractivity contribution in [2.45, 2.75) is 46.7 Å². The van der Waals surface area contributed by atoms with Crippen LogP contribution in [0.1, 0.15) is 39.7 Å². The normalized spacial score (nSPS) is 11.2. The highest BCUT2D eigenvalue weighted by Crippen LogP contribution is 2.02. The number of hydrogen-bond acceptors (Lipinski definition) is 4. The third-order valence-corrected chi connectivity index (χ3v) is 2.35. The molecule has 1 heterocycles. The molecule has 1 rings (SSSR count). The summed E-state index contributed by atoms with van der Waals surface area (Å²) in [5.74, 6) is 1.45. The van der Waals surface area contributed by atoms with Gasteiger partial charge in [-0.1, -0.05) is 13.8 Å². The Labute approximate surface area is 104 Å². The van der Waals surface area contributed by atoms with Crippen LogP contribution in [0.2, 0.25) is 0 Å². The van der Waals surface area contributed by atoms with E-state index in [4.69, 9.17) is 0 Å². The van der Waals surface area contributed by atoms with E-state index in [1.54, 1.807) is 0 Å². The van der Waals surface area contributed by atoms with Crippen molar-refractivity contribution in [3.63, 3.8) is 0 Å². The van der Waals surface area contributed by atoms with Gasteiger partial charge in [-0.3, -0.25) is 0 Å². The molecule has 0 radical (unpaired) electrons. The summed E-state index contributed by atoms with van der Waals surface area (Å²) in [5.41, 5.74) is 1.13. The molecule has 0 unspecified atom stereocenters. The monoisotopic (exact) mass is 236 g/mol. The molecular formula is C13H24N4. The second kappa shape index (κ2) is 7.22. The smallest absolute Gasteiger partial charge is 0.222 e. The van der Waals surface area contributed by atoms with E-state index < -0.39 is 0 Å². The Morgan fingerprint density at radius 2 is 1.76 bits per heavy atom. The first-order valence-corrected chi connectivity index (χ1v) is 6.36. The molecule has 1 aromatic rings. The standard InChI is InChI=1S/C13H24N4/c1-10(2)5-6-14-7-12-8-15-13(16-9-12)17-11(3)4/h8-11,14H,5-7H2,1-4H3,(H,15,16,17). The predicted octanol–water partition coefficient (Wildman–Crippen LogP) is 2.43. The van der Waals surface area contributed by atoms with Crippen LogP contribution in [0.15, 0.2) is 12.4 Å². The largest absolute Gasteiger partial charge is 0.352 e. The van der Waals surface area contributed by atoms with Crippen molar-refractivity contribution in [1.29, 1.82) is 0 Å². The zero-order valence-electron chi connectivity index (χ0n) is 11.3. The van der Waals surface area contributed by atoms with Gasteiger partial charge in [0.1, 0.15) is 0 Å². The Morgan fingerprint density at radius 3 is 2.29 bits per heavy atom. The van der Waals surface area contributed by atoms with Gasteiger partial charge in [0.2, 0.25) is 5.95 Å². The zero-order chi connectivity index (χ0) is 12.7. The van der Waals surface area contributed by atoms with Gasteiger partial charge in [0.15, 0.2) is 0 Å². The van der Waals surface area contributed by atoms with Gasteiger partial charge in [0.05, 0.1) is 0 Å². The fraction of sp³-hybridized carbons (Fsp3) is 0.692. The summed E-state index contributed by atoms with van der Waals surface area (Å²) < 4.78 is 0. The maximum atomic E-state index is 4.27. The molecule has 4 nitrogen and oxygen atoms in total. The lowest BCUT2D eigenvalue weighted by Crippen LogP contribution is -2.17. The quantitative estimate of drug-likeness (QED) is 0.714. The third-order valence-electron chi connectivity index (χ3n) is 2.35. The number of aromatic nitrogens is 2. The van der Waals surface area contributed by atoms with Crippen LogP contribution in [-0.4, -0.2) is 22.6 Å². The van der Waals surface area contributed by atoms with Crippen LogP contribution < -0.4 is 10.6 Å². The maximum absolute atomic E-state index is 4.27. The minimum atomic E-state index is 0.366. The Bertz CT molecular complexity index is 306. The van der Waals surface area contributed by atoms with Crippen LogP contribution in [0.4, 0.5) is 5.95 Å². The van der Waals surface area contributed by atoms with Crippen molar-refractivity contribution >= 4 is 5.95 Å². The molecule has 0 aliphatic carbocycles. The van der Waals surface area contributed by atoms with E-state index in [9.17, 15) is 0 Å². The van der Waals surface area contributed by atoms with Crippen molar-refractivity contribution in [2.75, 3.05) is 11.9 Å². The molecule has 4 heteroatoms. The maximum Gasteiger partial charge on any atom is 0.222 e. The number of rotatable bonds is 7. The van der Waals surface area contributed by atoms with Gasteiger partial charge in [-0.15, -0.1) is 0 Å². The average molecular weight is 236 g/mol. The van der Waals surface area contributed by atoms with Crippen molar-refractivity contribution in [3.8, 4) is 0 Å². The molecule has 2 N–H and O–H groups in total. The van der Waals surface area contributed by atoms with E-state index in [0.717, 1.165) is 24.6 Å². The lowest BCUT2D eigenvalue weighted by atomic mass is 10.1. The Hall–Kier alpha value is -1.16. The molecule has 0 spiro atoms. The number of hydrogen-bond donors (Lipinski definition) is 2. The van der Waals surface area contributed by atoms with Crippen LogP contribution in [0, 0.1) is 5.92 Å². The first-order valence-electron chi connectivity index (χ1n) is 6.36. The average Bonchev–Trinajstić information content (AvgIpc) is 2.25. The predicted molar refractivity (Wildman–Crippen MR) is 72.0 cm³/mol. The summed E-state index contributed by atoms with van der Waals surface area (Å²) in [7, 11) is 0.